The number of aromatic nitrogens is 3. The minimum Gasteiger partial charge on any atom is -0.384 e. The molecule has 4 heteroatoms. The third-order valence-corrected chi connectivity index (χ3v) is 1.78. The molecule has 0 fully saturated rings. The summed E-state index contributed by atoms with van der Waals surface area (Å²) in [6, 6.07) is 3.90. The first kappa shape index (κ1) is 7.79. The number of imidazole rings is 1. The summed E-state index contributed by atoms with van der Waals surface area (Å²) >= 11 is 0. The molecule has 2 aromatic heterocycles. The predicted molar refractivity (Wildman–Crippen MR) is 51.0 cm³/mol. The van der Waals surface area contributed by atoms with Gasteiger partial charge >= 0.3 is 0 Å². The summed E-state index contributed by atoms with van der Waals surface area (Å²) < 4.78 is 0. The molecule has 0 spiro atoms. The van der Waals surface area contributed by atoms with E-state index in [9.17, 15) is 0 Å². The molecule has 0 bridgehead atoms. The number of aryl methyl sites for hydroxylation is 1. The SMILES string of the molecule is Cc1ccc(-c2ncc(N)[nH]2)cn1. The Morgan fingerprint density at radius 1 is 1.23 bits per heavy atom. The Balaban J connectivity index is 2.41. The molecule has 66 valence electrons. The average Bonchev–Trinajstić information content (AvgIpc) is 2.53. The number of aromatic amines is 1. The van der Waals surface area contributed by atoms with Crippen LogP contribution in [0.4, 0.5) is 5.82 Å². The number of anilines is 1. The van der Waals surface area contributed by atoms with Crippen molar-refractivity contribution in [1.29, 1.82) is 0 Å². The lowest BCUT2D eigenvalue weighted by Gasteiger charge is -1.95. The number of H-pyrrole nitrogens is 1. The molecule has 4 nitrogen and oxygen atoms in total. The maximum Gasteiger partial charge on any atom is 0.140 e. The molecule has 0 atom stereocenters. The molecule has 0 saturated carbocycles. The van der Waals surface area contributed by atoms with Gasteiger partial charge in [0, 0.05) is 17.5 Å². The molecule has 0 aromatic carbocycles. The van der Waals surface area contributed by atoms with Crippen LogP contribution in [0.5, 0.6) is 0 Å². The maximum absolute atomic E-state index is 5.51. The minimum absolute atomic E-state index is 0.565. The van der Waals surface area contributed by atoms with Crippen LogP contribution in [0.3, 0.4) is 0 Å². The lowest BCUT2D eigenvalue weighted by molar-refractivity contribution is 1.19. The highest BCUT2D eigenvalue weighted by Crippen LogP contribution is 2.14. The number of hydrogen-bond donors (Lipinski definition) is 2. The molecule has 0 aliphatic rings. The van der Waals surface area contributed by atoms with Crippen LogP contribution < -0.4 is 5.73 Å². The summed E-state index contributed by atoms with van der Waals surface area (Å²) in [4.78, 5) is 11.2. The second-order valence-electron chi connectivity index (χ2n) is 2.88. The summed E-state index contributed by atoms with van der Waals surface area (Å²) in [7, 11) is 0. The molecule has 2 rings (SSSR count). The van der Waals surface area contributed by atoms with Crippen molar-refractivity contribution in [3.8, 4) is 11.4 Å². The quantitative estimate of drug-likeness (QED) is 0.686. The summed E-state index contributed by atoms with van der Waals surface area (Å²) in [5, 5.41) is 0. The van der Waals surface area contributed by atoms with Gasteiger partial charge in [-0.2, -0.15) is 0 Å². The van der Waals surface area contributed by atoms with Gasteiger partial charge in [-0.15, -0.1) is 0 Å². The van der Waals surface area contributed by atoms with Gasteiger partial charge in [-0.3, -0.25) is 4.98 Å². The predicted octanol–water partition coefficient (Wildman–Crippen LogP) is 1.36. The number of nitrogens with two attached hydrogens (primary N) is 1. The fourth-order valence-electron chi connectivity index (χ4n) is 1.09. The van der Waals surface area contributed by atoms with Gasteiger partial charge in [0.15, 0.2) is 0 Å². The van der Waals surface area contributed by atoms with Crippen molar-refractivity contribution in [3.05, 3.63) is 30.2 Å². The molecule has 13 heavy (non-hydrogen) atoms. The molecular weight excluding hydrogens is 164 g/mol. The molecule has 2 aromatic rings. The van der Waals surface area contributed by atoms with Gasteiger partial charge in [-0.25, -0.2) is 4.98 Å². The highest BCUT2D eigenvalue weighted by atomic mass is 15.0. The van der Waals surface area contributed by atoms with E-state index in [2.05, 4.69) is 15.0 Å². The molecule has 3 N–H and O–H groups in total. The first-order chi connectivity index (χ1) is 6.25. The van der Waals surface area contributed by atoms with Crippen molar-refractivity contribution in [2.24, 2.45) is 0 Å². The van der Waals surface area contributed by atoms with Crippen molar-refractivity contribution in [2.75, 3.05) is 5.73 Å². The molecule has 0 radical (unpaired) electrons. The summed E-state index contributed by atoms with van der Waals surface area (Å²) in [5.74, 6) is 1.32. The molecule has 0 aliphatic carbocycles. The Morgan fingerprint density at radius 3 is 2.62 bits per heavy atom. The van der Waals surface area contributed by atoms with Gasteiger partial charge in [0.25, 0.3) is 0 Å². The standard InChI is InChI=1S/C9H10N4/c1-6-2-3-7(4-11-6)9-12-5-8(10)13-9/h2-5H,10H2,1H3,(H,12,13). The van der Waals surface area contributed by atoms with E-state index in [4.69, 9.17) is 5.73 Å². The number of nitrogens with zero attached hydrogens (tertiary/aromatic N) is 2. The fraction of sp³-hybridized carbons (Fsp3) is 0.111. The van der Waals surface area contributed by atoms with Crippen LogP contribution in [-0.4, -0.2) is 15.0 Å². The van der Waals surface area contributed by atoms with E-state index in [0.29, 0.717) is 5.82 Å². The second kappa shape index (κ2) is 2.90. The number of rotatable bonds is 1. The van der Waals surface area contributed by atoms with E-state index < -0.39 is 0 Å². The largest absolute Gasteiger partial charge is 0.384 e. The fourth-order valence-corrected chi connectivity index (χ4v) is 1.09. The number of hydrogen-bond acceptors (Lipinski definition) is 3. The van der Waals surface area contributed by atoms with Gasteiger partial charge in [-0.05, 0) is 19.1 Å². The first-order valence-electron chi connectivity index (χ1n) is 3.99. The summed E-state index contributed by atoms with van der Waals surface area (Å²) in [6.07, 6.45) is 3.36. The molecular formula is C9H10N4. The van der Waals surface area contributed by atoms with Gasteiger partial charge < -0.3 is 10.7 Å². The van der Waals surface area contributed by atoms with Crippen molar-refractivity contribution in [1.82, 2.24) is 15.0 Å². The van der Waals surface area contributed by atoms with Gasteiger partial charge in [-0.1, -0.05) is 0 Å². The zero-order valence-electron chi connectivity index (χ0n) is 7.28. The zero-order valence-corrected chi connectivity index (χ0v) is 7.28. The maximum atomic E-state index is 5.51. The second-order valence-corrected chi connectivity index (χ2v) is 2.88. The molecule has 0 amide bonds. The lowest BCUT2D eigenvalue weighted by atomic mass is 10.2. The monoisotopic (exact) mass is 174 g/mol. The number of nitrogens with one attached hydrogen (secondary N) is 1. The van der Waals surface area contributed by atoms with Crippen LogP contribution >= 0.6 is 0 Å². The normalized spacial score (nSPS) is 10.2. The highest BCUT2D eigenvalue weighted by Gasteiger charge is 2.00. The Bertz CT molecular complexity index is 402. The van der Waals surface area contributed by atoms with Gasteiger partial charge in [0.1, 0.15) is 11.6 Å². The van der Waals surface area contributed by atoms with Crippen LogP contribution in [0.25, 0.3) is 11.4 Å². The van der Waals surface area contributed by atoms with E-state index in [1.54, 1.807) is 12.4 Å². The summed E-state index contributed by atoms with van der Waals surface area (Å²) in [5.41, 5.74) is 7.44. The van der Waals surface area contributed by atoms with Crippen LogP contribution in [0.15, 0.2) is 24.5 Å². The topological polar surface area (TPSA) is 67.6 Å². The third kappa shape index (κ3) is 1.51. The minimum atomic E-state index is 0.565. The smallest absolute Gasteiger partial charge is 0.140 e. The van der Waals surface area contributed by atoms with Crippen molar-refractivity contribution in [3.63, 3.8) is 0 Å². The van der Waals surface area contributed by atoms with E-state index in [1.165, 1.54) is 0 Å². The zero-order chi connectivity index (χ0) is 9.26. The number of nitrogen functional groups attached to an aromatic ring is 1. The van der Waals surface area contributed by atoms with Crippen LogP contribution in [0.2, 0.25) is 0 Å². The first-order valence-corrected chi connectivity index (χ1v) is 3.99. The van der Waals surface area contributed by atoms with Crippen molar-refractivity contribution < 1.29 is 0 Å². The Labute approximate surface area is 75.8 Å². The highest BCUT2D eigenvalue weighted by molar-refractivity contribution is 5.55. The van der Waals surface area contributed by atoms with E-state index >= 15 is 0 Å². The molecule has 0 unspecified atom stereocenters. The van der Waals surface area contributed by atoms with Gasteiger partial charge in [0.2, 0.25) is 0 Å². The summed E-state index contributed by atoms with van der Waals surface area (Å²) in [6.45, 7) is 1.94. The van der Waals surface area contributed by atoms with Crippen molar-refractivity contribution in [2.45, 2.75) is 6.92 Å². The molecule has 0 aliphatic heterocycles. The van der Waals surface area contributed by atoms with E-state index in [1.807, 2.05) is 19.1 Å². The number of pyridine rings is 1. The van der Waals surface area contributed by atoms with Gasteiger partial charge in [0.05, 0.1) is 6.20 Å². The van der Waals surface area contributed by atoms with E-state index in [0.717, 1.165) is 17.1 Å². The average molecular weight is 174 g/mol. The van der Waals surface area contributed by atoms with E-state index in [-0.39, 0.29) is 0 Å². The van der Waals surface area contributed by atoms with Crippen LogP contribution in [0.1, 0.15) is 5.69 Å². The van der Waals surface area contributed by atoms with Crippen molar-refractivity contribution >= 4 is 5.82 Å². The van der Waals surface area contributed by atoms with Crippen LogP contribution in [0, 0.1) is 6.92 Å². The third-order valence-electron chi connectivity index (χ3n) is 1.78. The van der Waals surface area contributed by atoms with Crippen LogP contribution in [-0.2, 0) is 0 Å². The Kier molecular flexibility index (Phi) is 1.73. The lowest BCUT2D eigenvalue weighted by Crippen LogP contribution is -1.86. The molecule has 0 saturated heterocycles. The molecule has 2 heterocycles. The Morgan fingerprint density at radius 2 is 2.08 bits per heavy atom. The Hall–Kier alpha value is -1.84.